The Bertz CT molecular complexity index is 877. The van der Waals surface area contributed by atoms with E-state index >= 15 is 0 Å². The molecular weight excluding hydrogens is 343 g/mol. The first kappa shape index (κ1) is 17.4. The predicted molar refractivity (Wildman–Crippen MR) is 93.4 cm³/mol. The zero-order valence-corrected chi connectivity index (χ0v) is 14.4. The molecule has 0 aromatic heterocycles. The lowest BCUT2D eigenvalue weighted by Crippen LogP contribution is -2.32. The number of halogens is 1. The van der Waals surface area contributed by atoms with Gasteiger partial charge in [0.25, 0.3) is 15.9 Å². The van der Waals surface area contributed by atoms with Gasteiger partial charge in [0.15, 0.2) is 0 Å². The van der Waals surface area contributed by atoms with Gasteiger partial charge >= 0.3 is 0 Å². The Hall–Kier alpha value is -2.41. The third kappa shape index (κ3) is 4.36. The van der Waals surface area contributed by atoms with Crippen LogP contribution in [0, 0.1) is 5.82 Å². The lowest BCUT2D eigenvalue weighted by molar-refractivity contribution is 0.0937. The van der Waals surface area contributed by atoms with E-state index < -0.39 is 15.8 Å². The summed E-state index contributed by atoms with van der Waals surface area (Å²) in [6.07, 6.45) is 4.09. The minimum absolute atomic E-state index is 0.0455. The summed E-state index contributed by atoms with van der Waals surface area (Å²) in [6.45, 7) is 0. The summed E-state index contributed by atoms with van der Waals surface area (Å²) in [5.41, 5.74) is 0.412. The fourth-order valence-corrected chi connectivity index (χ4v) is 4.00. The van der Waals surface area contributed by atoms with Gasteiger partial charge in [-0.3, -0.25) is 9.52 Å². The van der Waals surface area contributed by atoms with Crippen LogP contribution in [0.1, 0.15) is 36.0 Å². The van der Waals surface area contributed by atoms with E-state index in [1.165, 1.54) is 36.4 Å². The number of benzene rings is 2. The predicted octanol–water partition coefficient (Wildman–Crippen LogP) is 3.30. The van der Waals surface area contributed by atoms with Gasteiger partial charge in [0.1, 0.15) is 5.82 Å². The molecule has 7 heteroatoms. The maximum absolute atomic E-state index is 13.2. The van der Waals surface area contributed by atoms with Crippen LogP contribution in [0.2, 0.25) is 0 Å². The lowest BCUT2D eigenvalue weighted by Gasteiger charge is -2.13. The normalized spacial score (nSPS) is 15.1. The molecule has 1 amide bonds. The van der Waals surface area contributed by atoms with Gasteiger partial charge in [0, 0.05) is 11.6 Å². The molecule has 2 aromatic rings. The van der Waals surface area contributed by atoms with Crippen molar-refractivity contribution in [2.45, 2.75) is 36.6 Å². The fraction of sp³-hybridized carbons (Fsp3) is 0.278. The Morgan fingerprint density at radius 1 is 1.04 bits per heavy atom. The Kier molecular flexibility index (Phi) is 5.03. The molecule has 0 unspecified atom stereocenters. The average molecular weight is 362 g/mol. The van der Waals surface area contributed by atoms with E-state index in [1.807, 2.05) is 0 Å². The van der Waals surface area contributed by atoms with Crippen molar-refractivity contribution >= 4 is 21.6 Å². The van der Waals surface area contributed by atoms with E-state index in [-0.39, 0.29) is 28.1 Å². The molecule has 1 fully saturated rings. The Morgan fingerprint density at radius 3 is 2.48 bits per heavy atom. The molecule has 0 bridgehead atoms. The molecule has 1 saturated carbocycles. The zero-order valence-electron chi connectivity index (χ0n) is 13.5. The number of anilines is 1. The number of amides is 1. The van der Waals surface area contributed by atoms with Crippen molar-refractivity contribution in [1.82, 2.24) is 5.32 Å². The summed E-state index contributed by atoms with van der Waals surface area (Å²) in [6, 6.07) is 11.2. The molecule has 2 N–H and O–H groups in total. The highest BCUT2D eigenvalue weighted by Gasteiger charge is 2.20. The molecule has 5 nitrogen and oxygen atoms in total. The second-order valence-corrected chi connectivity index (χ2v) is 7.78. The summed E-state index contributed by atoms with van der Waals surface area (Å²) in [4.78, 5) is 12.3. The SMILES string of the molecule is O=C(NC1CCCC1)c1cccc(S(=O)(=O)Nc2cccc(F)c2)c1. The molecule has 0 saturated heterocycles. The molecule has 2 aromatic carbocycles. The van der Waals surface area contributed by atoms with Gasteiger partial charge < -0.3 is 5.32 Å². The molecule has 25 heavy (non-hydrogen) atoms. The highest BCUT2D eigenvalue weighted by Crippen LogP contribution is 2.20. The van der Waals surface area contributed by atoms with Crippen LogP contribution in [0.25, 0.3) is 0 Å². The summed E-state index contributed by atoms with van der Waals surface area (Å²) >= 11 is 0. The van der Waals surface area contributed by atoms with Crippen LogP contribution in [0.5, 0.6) is 0 Å². The molecule has 1 aliphatic carbocycles. The van der Waals surface area contributed by atoms with Crippen LogP contribution in [0.15, 0.2) is 53.4 Å². The molecule has 0 atom stereocenters. The number of nitrogens with one attached hydrogen (secondary N) is 2. The Labute approximate surface area is 146 Å². The number of rotatable bonds is 5. The second-order valence-electron chi connectivity index (χ2n) is 6.10. The first-order valence-corrected chi connectivity index (χ1v) is 9.62. The minimum atomic E-state index is -3.91. The van der Waals surface area contributed by atoms with Gasteiger partial charge in [-0.05, 0) is 49.2 Å². The molecule has 0 radical (unpaired) electrons. The molecular formula is C18H19FN2O3S. The van der Waals surface area contributed by atoms with E-state index in [1.54, 1.807) is 6.07 Å². The second kappa shape index (κ2) is 7.23. The van der Waals surface area contributed by atoms with Crippen molar-refractivity contribution in [2.24, 2.45) is 0 Å². The monoisotopic (exact) mass is 362 g/mol. The van der Waals surface area contributed by atoms with Gasteiger partial charge in [0.2, 0.25) is 0 Å². The van der Waals surface area contributed by atoms with Crippen molar-refractivity contribution in [3.63, 3.8) is 0 Å². The van der Waals surface area contributed by atoms with E-state index in [0.29, 0.717) is 0 Å². The largest absolute Gasteiger partial charge is 0.349 e. The van der Waals surface area contributed by atoms with Crippen LogP contribution in [0.4, 0.5) is 10.1 Å². The summed E-state index contributed by atoms with van der Waals surface area (Å²) in [5.74, 6) is -0.820. The standard InChI is InChI=1S/C18H19FN2O3S/c19-14-6-4-9-16(12-14)21-25(23,24)17-10-3-5-13(11-17)18(22)20-15-7-1-2-8-15/h3-6,9-12,15,21H,1-2,7-8H2,(H,20,22). The number of hydrogen-bond donors (Lipinski definition) is 2. The number of hydrogen-bond acceptors (Lipinski definition) is 3. The van der Waals surface area contributed by atoms with Gasteiger partial charge in [-0.15, -0.1) is 0 Å². The minimum Gasteiger partial charge on any atom is -0.349 e. The third-order valence-corrected chi connectivity index (χ3v) is 5.55. The van der Waals surface area contributed by atoms with Crippen LogP contribution >= 0.6 is 0 Å². The maximum Gasteiger partial charge on any atom is 0.261 e. The van der Waals surface area contributed by atoms with Crippen molar-refractivity contribution in [3.05, 3.63) is 59.9 Å². The molecule has 0 heterocycles. The highest BCUT2D eigenvalue weighted by atomic mass is 32.2. The summed E-state index contributed by atoms with van der Waals surface area (Å²) < 4.78 is 40.5. The number of sulfonamides is 1. The average Bonchev–Trinajstić information content (AvgIpc) is 3.07. The lowest BCUT2D eigenvalue weighted by atomic mass is 10.2. The molecule has 132 valence electrons. The molecule has 0 aliphatic heterocycles. The van der Waals surface area contributed by atoms with Crippen molar-refractivity contribution in [2.75, 3.05) is 4.72 Å². The first-order chi connectivity index (χ1) is 11.9. The quantitative estimate of drug-likeness (QED) is 0.857. The van der Waals surface area contributed by atoms with Gasteiger partial charge in [-0.25, -0.2) is 12.8 Å². The third-order valence-electron chi connectivity index (χ3n) is 4.17. The summed E-state index contributed by atoms with van der Waals surface area (Å²) in [7, 11) is -3.91. The molecule has 1 aliphatic rings. The van der Waals surface area contributed by atoms with Crippen LogP contribution in [0.3, 0.4) is 0 Å². The van der Waals surface area contributed by atoms with Gasteiger partial charge in [-0.1, -0.05) is 25.0 Å². The molecule has 0 spiro atoms. The van der Waals surface area contributed by atoms with Gasteiger partial charge in [-0.2, -0.15) is 0 Å². The topological polar surface area (TPSA) is 75.3 Å². The van der Waals surface area contributed by atoms with Crippen molar-refractivity contribution < 1.29 is 17.6 Å². The Morgan fingerprint density at radius 2 is 1.76 bits per heavy atom. The maximum atomic E-state index is 13.2. The first-order valence-electron chi connectivity index (χ1n) is 8.13. The number of carbonyl (C=O) groups is 1. The smallest absolute Gasteiger partial charge is 0.261 e. The van der Waals surface area contributed by atoms with Crippen LogP contribution in [-0.4, -0.2) is 20.4 Å². The van der Waals surface area contributed by atoms with Gasteiger partial charge in [0.05, 0.1) is 10.6 Å². The van der Waals surface area contributed by atoms with Crippen LogP contribution in [-0.2, 0) is 10.0 Å². The van der Waals surface area contributed by atoms with Crippen molar-refractivity contribution in [1.29, 1.82) is 0 Å². The van der Waals surface area contributed by atoms with E-state index in [0.717, 1.165) is 31.7 Å². The number of carbonyl (C=O) groups excluding carboxylic acids is 1. The Balaban J connectivity index is 1.78. The highest BCUT2D eigenvalue weighted by molar-refractivity contribution is 7.92. The van der Waals surface area contributed by atoms with E-state index in [2.05, 4.69) is 10.0 Å². The zero-order chi connectivity index (χ0) is 17.9. The summed E-state index contributed by atoms with van der Waals surface area (Å²) in [5, 5.41) is 2.93. The van der Waals surface area contributed by atoms with Crippen LogP contribution < -0.4 is 10.0 Å². The fourth-order valence-electron chi connectivity index (χ4n) is 2.91. The van der Waals surface area contributed by atoms with Crippen molar-refractivity contribution in [3.8, 4) is 0 Å². The molecule has 3 rings (SSSR count). The van der Waals surface area contributed by atoms with E-state index in [4.69, 9.17) is 0 Å². The van der Waals surface area contributed by atoms with E-state index in [9.17, 15) is 17.6 Å².